The van der Waals surface area contributed by atoms with Gasteiger partial charge >= 0.3 is 5.97 Å². The third-order valence-electron chi connectivity index (χ3n) is 4.33. The number of para-hydroxylation sites is 1. The molecule has 6 heteroatoms. The van der Waals surface area contributed by atoms with Crippen LogP contribution in [-0.4, -0.2) is 20.6 Å². The van der Waals surface area contributed by atoms with Crippen molar-refractivity contribution >= 4 is 40.4 Å². The summed E-state index contributed by atoms with van der Waals surface area (Å²) in [6.07, 6.45) is 3.74. The molecule has 0 saturated carbocycles. The molecule has 4 rings (SSSR count). The molecule has 4 aromatic rings. The molecule has 2 heterocycles. The molecular formula is C22H16N2O3S. The van der Waals surface area contributed by atoms with Crippen LogP contribution in [-0.2, 0) is 0 Å². The predicted molar refractivity (Wildman–Crippen MR) is 112 cm³/mol. The molecule has 2 aromatic heterocycles. The Bertz CT molecular complexity index is 1270. The summed E-state index contributed by atoms with van der Waals surface area (Å²) in [5, 5.41) is 9.63. The van der Waals surface area contributed by atoms with E-state index in [0.717, 1.165) is 4.88 Å². The van der Waals surface area contributed by atoms with E-state index in [1.54, 1.807) is 41.7 Å². The molecule has 0 spiro atoms. The van der Waals surface area contributed by atoms with E-state index >= 15 is 0 Å². The van der Waals surface area contributed by atoms with Gasteiger partial charge in [-0.2, -0.15) is 0 Å². The van der Waals surface area contributed by atoms with Crippen LogP contribution in [0.1, 0.15) is 25.9 Å². The predicted octanol–water partition coefficient (Wildman–Crippen LogP) is 4.62. The lowest BCUT2D eigenvalue weighted by atomic mass is 10.2. The summed E-state index contributed by atoms with van der Waals surface area (Å²) in [6.45, 7) is 2.04. The van der Waals surface area contributed by atoms with Crippen molar-refractivity contribution in [3.8, 4) is 5.69 Å². The molecule has 0 aliphatic heterocycles. The van der Waals surface area contributed by atoms with Gasteiger partial charge in [0.15, 0.2) is 0 Å². The highest BCUT2D eigenvalue weighted by molar-refractivity contribution is 7.12. The molecule has 0 atom stereocenters. The first kappa shape index (κ1) is 17.9. The van der Waals surface area contributed by atoms with Crippen molar-refractivity contribution in [1.82, 2.24) is 9.55 Å². The second kappa shape index (κ2) is 7.25. The first-order valence-corrected chi connectivity index (χ1v) is 9.44. The molecule has 0 unspecified atom stereocenters. The van der Waals surface area contributed by atoms with Gasteiger partial charge in [0.05, 0.1) is 22.2 Å². The number of aromatic carboxylic acids is 1. The van der Waals surface area contributed by atoms with E-state index in [2.05, 4.69) is 4.98 Å². The van der Waals surface area contributed by atoms with Crippen LogP contribution in [0.4, 0.5) is 0 Å². The monoisotopic (exact) mass is 388 g/mol. The van der Waals surface area contributed by atoms with Crippen LogP contribution in [0.5, 0.6) is 0 Å². The zero-order valence-electron chi connectivity index (χ0n) is 15.0. The smallest absolute Gasteiger partial charge is 0.335 e. The van der Waals surface area contributed by atoms with Crippen LogP contribution in [0.2, 0.25) is 0 Å². The van der Waals surface area contributed by atoms with Crippen LogP contribution < -0.4 is 5.56 Å². The molecular weight excluding hydrogens is 372 g/mol. The molecule has 1 N–H and O–H groups in total. The standard InChI is InChI=1S/C22H16N2O3S/c1-14-6-11-17(28-14)12-13-20-23-19-5-3-2-4-18(19)21(25)24(20)16-9-7-15(8-10-16)22(26)27/h2-13H,1H3,(H,26,27)/b13-12+. The van der Waals surface area contributed by atoms with Gasteiger partial charge in [-0.25, -0.2) is 9.78 Å². The first-order chi connectivity index (χ1) is 13.5. The van der Waals surface area contributed by atoms with E-state index in [0.29, 0.717) is 22.4 Å². The second-order valence-corrected chi connectivity index (χ2v) is 7.58. The minimum Gasteiger partial charge on any atom is -0.478 e. The average molecular weight is 388 g/mol. The molecule has 5 nitrogen and oxygen atoms in total. The maximum Gasteiger partial charge on any atom is 0.335 e. The van der Waals surface area contributed by atoms with Crippen molar-refractivity contribution in [3.63, 3.8) is 0 Å². The first-order valence-electron chi connectivity index (χ1n) is 8.63. The molecule has 0 aliphatic carbocycles. The lowest BCUT2D eigenvalue weighted by molar-refractivity contribution is 0.0697. The van der Waals surface area contributed by atoms with E-state index in [-0.39, 0.29) is 11.1 Å². The number of rotatable bonds is 4. The maximum absolute atomic E-state index is 13.2. The topological polar surface area (TPSA) is 72.2 Å². The zero-order valence-corrected chi connectivity index (χ0v) is 15.8. The molecule has 0 aliphatic rings. The number of carboxylic acids is 1. The van der Waals surface area contributed by atoms with Gasteiger partial charge in [0.2, 0.25) is 0 Å². The normalized spacial score (nSPS) is 11.3. The van der Waals surface area contributed by atoms with Crippen LogP contribution in [0, 0.1) is 6.92 Å². The van der Waals surface area contributed by atoms with Gasteiger partial charge in [0.1, 0.15) is 5.82 Å². The number of carboxylic acid groups (broad SMARTS) is 1. The summed E-state index contributed by atoms with van der Waals surface area (Å²) in [7, 11) is 0. The van der Waals surface area contributed by atoms with Gasteiger partial charge in [-0.1, -0.05) is 12.1 Å². The van der Waals surface area contributed by atoms with Crippen LogP contribution in [0.25, 0.3) is 28.7 Å². The van der Waals surface area contributed by atoms with Crippen LogP contribution in [0.15, 0.2) is 65.5 Å². The number of fused-ring (bicyclic) bond motifs is 1. The van der Waals surface area contributed by atoms with Crippen molar-refractivity contribution in [2.45, 2.75) is 6.92 Å². The number of hydrogen-bond acceptors (Lipinski definition) is 4. The highest BCUT2D eigenvalue weighted by Crippen LogP contribution is 2.19. The molecule has 138 valence electrons. The highest BCUT2D eigenvalue weighted by Gasteiger charge is 2.12. The summed E-state index contributed by atoms with van der Waals surface area (Å²) >= 11 is 1.65. The van der Waals surface area contributed by atoms with E-state index in [9.17, 15) is 9.59 Å². The number of carbonyl (C=O) groups is 1. The minimum atomic E-state index is -1.01. The van der Waals surface area contributed by atoms with Crippen molar-refractivity contribution in [2.24, 2.45) is 0 Å². The Morgan fingerprint density at radius 2 is 1.79 bits per heavy atom. The number of nitrogens with zero attached hydrogens (tertiary/aromatic N) is 2. The number of thiophene rings is 1. The fourth-order valence-corrected chi connectivity index (χ4v) is 3.74. The van der Waals surface area contributed by atoms with E-state index in [4.69, 9.17) is 5.11 Å². The molecule has 0 bridgehead atoms. The lowest BCUT2D eigenvalue weighted by Crippen LogP contribution is -2.22. The fourth-order valence-electron chi connectivity index (χ4n) is 2.96. The Balaban J connectivity index is 1.91. The number of aryl methyl sites for hydroxylation is 1. The van der Waals surface area contributed by atoms with Gasteiger partial charge < -0.3 is 5.11 Å². The van der Waals surface area contributed by atoms with Gasteiger partial charge in [0, 0.05) is 9.75 Å². The van der Waals surface area contributed by atoms with Gasteiger partial charge in [0.25, 0.3) is 5.56 Å². The van der Waals surface area contributed by atoms with Gasteiger partial charge in [-0.3, -0.25) is 9.36 Å². The largest absolute Gasteiger partial charge is 0.478 e. The number of aromatic nitrogens is 2. The van der Waals surface area contributed by atoms with Crippen molar-refractivity contribution in [3.05, 3.63) is 92.2 Å². The average Bonchev–Trinajstić information content (AvgIpc) is 3.12. The van der Waals surface area contributed by atoms with Crippen LogP contribution >= 0.6 is 11.3 Å². The van der Waals surface area contributed by atoms with Gasteiger partial charge in [-0.05, 0) is 67.6 Å². The second-order valence-electron chi connectivity index (χ2n) is 6.26. The summed E-state index contributed by atoms with van der Waals surface area (Å²) in [6, 6.07) is 17.4. The van der Waals surface area contributed by atoms with Crippen molar-refractivity contribution < 1.29 is 9.90 Å². The number of hydrogen-bond donors (Lipinski definition) is 1. The molecule has 0 amide bonds. The summed E-state index contributed by atoms with van der Waals surface area (Å²) in [5.74, 6) is -0.526. The zero-order chi connectivity index (χ0) is 19.7. The van der Waals surface area contributed by atoms with Crippen LogP contribution in [0.3, 0.4) is 0 Å². The Morgan fingerprint density at radius 3 is 2.46 bits per heavy atom. The van der Waals surface area contributed by atoms with Gasteiger partial charge in [-0.15, -0.1) is 11.3 Å². The van der Waals surface area contributed by atoms with E-state index < -0.39 is 5.97 Å². The fraction of sp³-hybridized carbons (Fsp3) is 0.0455. The minimum absolute atomic E-state index is 0.164. The SMILES string of the molecule is Cc1ccc(/C=C/c2nc3ccccc3c(=O)n2-c2ccc(C(=O)O)cc2)s1. The molecule has 0 radical (unpaired) electrons. The maximum atomic E-state index is 13.2. The quantitative estimate of drug-likeness (QED) is 0.553. The third-order valence-corrected chi connectivity index (χ3v) is 5.30. The third kappa shape index (κ3) is 3.37. The summed E-state index contributed by atoms with van der Waals surface area (Å²) < 4.78 is 1.50. The lowest BCUT2D eigenvalue weighted by Gasteiger charge is -2.11. The van der Waals surface area contributed by atoms with E-state index in [1.807, 2.05) is 37.3 Å². The Kier molecular flexibility index (Phi) is 4.63. The molecule has 0 fully saturated rings. The summed E-state index contributed by atoms with van der Waals surface area (Å²) in [5.41, 5.74) is 1.15. The Labute approximate surface area is 164 Å². The Morgan fingerprint density at radius 1 is 1.04 bits per heavy atom. The number of benzene rings is 2. The summed E-state index contributed by atoms with van der Waals surface area (Å²) in [4.78, 5) is 31.2. The Hall–Kier alpha value is -3.51. The highest BCUT2D eigenvalue weighted by atomic mass is 32.1. The molecule has 2 aromatic carbocycles. The molecule has 28 heavy (non-hydrogen) atoms. The van der Waals surface area contributed by atoms with E-state index in [1.165, 1.54) is 21.6 Å². The van der Waals surface area contributed by atoms with Crippen molar-refractivity contribution in [2.75, 3.05) is 0 Å². The molecule has 0 saturated heterocycles. The van der Waals surface area contributed by atoms with Crippen molar-refractivity contribution in [1.29, 1.82) is 0 Å².